The van der Waals surface area contributed by atoms with Crippen molar-refractivity contribution in [1.29, 1.82) is 0 Å². The molecule has 0 atom stereocenters. The molecule has 0 unspecified atom stereocenters. The lowest BCUT2D eigenvalue weighted by molar-refractivity contribution is -0.118. The van der Waals surface area contributed by atoms with Gasteiger partial charge >= 0.3 is 0 Å². The zero-order valence-corrected chi connectivity index (χ0v) is 14.4. The van der Waals surface area contributed by atoms with E-state index in [0.29, 0.717) is 37.4 Å². The second kappa shape index (κ2) is 6.27. The van der Waals surface area contributed by atoms with E-state index in [1.165, 1.54) is 12.1 Å². The van der Waals surface area contributed by atoms with Crippen LogP contribution in [0.15, 0.2) is 35.4 Å². The van der Waals surface area contributed by atoms with E-state index in [1.807, 2.05) is 13.1 Å². The van der Waals surface area contributed by atoms with Crippen LogP contribution in [0.25, 0.3) is 0 Å². The van der Waals surface area contributed by atoms with E-state index < -0.39 is 9.84 Å². The molecule has 8 heteroatoms. The zero-order chi connectivity index (χ0) is 17.3. The van der Waals surface area contributed by atoms with Crippen LogP contribution in [0.3, 0.4) is 0 Å². The molecule has 1 aliphatic rings. The predicted molar refractivity (Wildman–Crippen MR) is 88.9 cm³/mol. The Morgan fingerprint density at radius 1 is 1.33 bits per heavy atom. The number of nitrogens with zero attached hydrogens (tertiary/aromatic N) is 3. The Kier molecular flexibility index (Phi) is 4.31. The molecule has 0 spiro atoms. The maximum atomic E-state index is 12.6. The van der Waals surface area contributed by atoms with E-state index >= 15 is 0 Å². The SMILES string of the molecule is Cn1nccc1CCC(=O)N1CCOc2ccc(S(C)(=O)=O)cc21. The summed E-state index contributed by atoms with van der Waals surface area (Å²) in [7, 11) is -1.51. The van der Waals surface area contributed by atoms with Gasteiger partial charge in [-0.1, -0.05) is 0 Å². The molecule has 1 aromatic heterocycles. The van der Waals surface area contributed by atoms with Gasteiger partial charge in [0.2, 0.25) is 5.91 Å². The van der Waals surface area contributed by atoms with Crippen molar-refractivity contribution >= 4 is 21.4 Å². The standard InChI is InChI=1S/C16H19N3O4S/c1-18-12(7-8-17-18)3-6-16(20)19-9-10-23-15-5-4-13(11-14(15)19)24(2,21)22/h4-5,7-8,11H,3,6,9-10H2,1-2H3. The molecule has 0 N–H and O–H groups in total. The Morgan fingerprint density at radius 2 is 2.12 bits per heavy atom. The van der Waals surface area contributed by atoms with Gasteiger partial charge in [-0.15, -0.1) is 0 Å². The first-order chi connectivity index (χ1) is 11.4. The average molecular weight is 349 g/mol. The second-order valence-corrected chi connectivity index (χ2v) is 7.76. The Labute approximate surface area is 140 Å². The Hall–Kier alpha value is -2.35. The molecule has 7 nitrogen and oxygen atoms in total. The van der Waals surface area contributed by atoms with Gasteiger partial charge in [-0.3, -0.25) is 9.48 Å². The van der Waals surface area contributed by atoms with Crippen molar-refractivity contribution < 1.29 is 17.9 Å². The first kappa shape index (κ1) is 16.5. The number of benzene rings is 1. The number of rotatable bonds is 4. The fourth-order valence-corrected chi connectivity index (χ4v) is 3.34. The highest BCUT2D eigenvalue weighted by atomic mass is 32.2. The number of carbonyl (C=O) groups excluding carboxylic acids is 1. The van der Waals surface area contributed by atoms with Gasteiger partial charge < -0.3 is 9.64 Å². The Morgan fingerprint density at radius 3 is 2.79 bits per heavy atom. The van der Waals surface area contributed by atoms with Gasteiger partial charge in [0.05, 0.1) is 17.1 Å². The van der Waals surface area contributed by atoms with Gasteiger partial charge in [0.15, 0.2) is 9.84 Å². The number of hydrogen-bond donors (Lipinski definition) is 0. The van der Waals surface area contributed by atoms with Crippen molar-refractivity contribution in [2.45, 2.75) is 17.7 Å². The van der Waals surface area contributed by atoms with Gasteiger partial charge in [-0.05, 0) is 30.7 Å². The number of ether oxygens (including phenoxy) is 1. The summed E-state index contributed by atoms with van der Waals surface area (Å²) in [4.78, 5) is 14.4. The average Bonchev–Trinajstić information content (AvgIpc) is 2.95. The van der Waals surface area contributed by atoms with Gasteiger partial charge in [-0.25, -0.2) is 8.42 Å². The molecule has 0 radical (unpaired) electrons. The summed E-state index contributed by atoms with van der Waals surface area (Å²) >= 11 is 0. The molecule has 0 aliphatic carbocycles. The number of fused-ring (bicyclic) bond motifs is 1. The summed E-state index contributed by atoms with van der Waals surface area (Å²) < 4.78 is 30.8. The summed E-state index contributed by atoms with van der Waals surface area (Å²) in [6, 6.07) is 6.48. The topological polar surface area (TPSA) is 81.5 Å². The molecule has 1 aliphatic heterocycles. The van der Waals surface area contributed by atoms with E-state index in [2.05, 4.69) is 5.10 Å². The summed E-state index contributed by atoms with van der Waals surface area (Å²) in [6.45, 7) is 0.799. The molecule has 1 aromatic carbocycles. The zero-order valence-electron chi connectivity index (χ0n) is 13.6. The minimum atomic E-state index is -3.34. The van der Waals surface area contributed by atoms with Crippen LogP contribution in [0.2, 0.25) is 0 Å². The highest BCUT2D eigenvalue weighted by molar-refractivity contribution is 7.90. The maximum Gasteiger partial charge on any atom is 0.227 e. The van der Waals surface area contributed by atoms with E-state index in [9.17, 15) is 13.2 Å². The molecular formula is C16H19N3O4S. The van der Waals surface area contributed by atoms with Gasteiger partial charge in [-0.2, -0.15) is 5.10 Å². The fourth-order valence-electron chi connectivity index (χ4n) is 2.70. The summed E-state index contributed by atoms with van der Waals surface area (Å²) in [5.41, 5.74) is 1.49. The van der Waals surface area contributed by atoms with Crippen LogP contribution in [0.5, 0.6) is 5.75 Å². The molecule has 24 heavy (non-hydrogen) atoms. The number of sulfone groups is 1. The van der Waals surface area contributed by atoms with Crippen LogP contribution in [0.1, 0.15) is 12.1 Å². The number of amides is 1. The highest BCUT2D eigenvalue weighted by Crippen LogP contribution is 2.34. The summed E-state index contributed by atoms with van der Waals surface area (Å²) in [6.07, 6.45) is 3.74. The Bertz CT molecular complexity index is 873. The quantitative estimate of drug-likeness (QED) is 0.828. The van der Waals surface area contributed by atoms with Gasteiger partial charge in [0, 0.05) is 31.6 Å². The van der Waals surface area contributed by atoms with Crippen LogP contribution in [0, 0.1) is 0 Å². The third kappa shape index (κ3) is 3.28. The monoisotopic (exact) mass is 349 g/mol. The molecule has 0 saturated carbocycles. The number of anilines is 1. The number of aromatic nitrogens is 2. The smallest absolute Gasteiger partial charge is 0.227 e. The number of aryl methyl sites for hydroxylation is 2. The van der Waals surface area contributed by atoms with E-state index in [-0.39, 0.29) is 10.8 Å². The summed E-state index contributed by atoms with van der Waals surface area (Å²) in [5.74, 6) is 0.467. The summed E-state index contributed by atoms with van der Waals surface area (Å²) in [5, 5.41) is 4.09. The number of hydrogen-bond acceptors (Lipinski definition) is 5. The predicted octanol–water partition coefficient (Wildman–Crippen LogP) is 1.18. The van der Waals surface area contributed by atoms with Crippen molar-refractivity contribution in [2.75, 3.05) is 24.3 Å². The fraction of sp³-hybridized carbons (Fsp3) is 0.375. The van der Waals surface area contributed by atoms with Crippen molar-refractivity contribution in [3.8, 4) is 5.75 Å². The number of carbonyl (C=O) groups is 1. The third-order valence-corrected chi connectivity index (χ3v) is 5.15. The minimum absolute atomic E-state index is 0.0635. The second-order valence-electron chi connectivity index (χ2n) is 5.74. The normalized spacial score (nSPS) is 14.2. The molecule has 3 rings (SSSR count). The Balaban J connectivity index is 1.83. The minimum Gasteiger partial charge on any atom is -0.490 e. The lowest BCUT2D eigenvalue weighted by atomic mass is 10.2. The molecule has 0 bridgehead atoms. The van der Waals surface area contributed by atoms with E-state index in [0.717, 1.165) is 11.9 Å². The first-order valence-corrected chi connectivity index (χ1v) is 9.49. The lowest BCUT2D eigenvalue weighted by Crippen LogP contribution is -2.38. The first-order valence-electron chi connectivity index (χ1n) is 7.60. The molecule has 128 valence electrons. The highest BCUT2D eigenvalue weighted by Gasteiger charge is 2.25. The maximum absolute atomic E-state index is 12.6. The molecule has 0 fully saturated rings. The van der Waals surface area contributed by atoms with Crippen LogP contribution in [-0.2, 0) is 28.1 Å². The molecule has 1 amide bonds. The van der Waals surface area contributed by atoms with Crippen molar-refractivity contribution in [1.82, 2.24) is 9.78 Å². The molecule has 0 saturated heterocycles. The molecule has 2 aromatic rings. The van der Waals surface area contributed by atoms with Crippen molar-refractivity contribution in [2.24, 2.45) is 7.05 Å². The van der Waals surface area contributed by atoms with Crippen LogP contribution in [0.4, 0.5) is 5.69 Å². The van der Waals surface area contributed by atoms with E-state index in [4.69, 9.17) is 4.74 Å². The van der Waals surface area contributed by atoms with Crippen LogP contribution >= 0.6 is 0 Å². The van der Waals surface area contributed by atoms with Crippen molar-refractivity contribution in [3.05, 3.63) is 36.2 Å². The van der Waals surface area contributed by atoms with Gasteiger partial charge in [0.1, 0.15) is 12.4 Å². The lowest BCUT2D eigenvalue weighted by Gasteiger charge is -2.30. The van der Waals surface area contributed by atoms with Gasteiger partial charge in [0.25, 0.3) is 0 Å². The molecule has 2 heterocycles. The largest absolute Gasteiger partial charge is 0.490 e. The van der Waals surface area contributed by atoms with Crippen LogP contribution in [-0.4, -0.2) is 43.5 Å². The van der Waals surface area contributed by atoms with E-state index in [1.54, 1.807) is 21.8 Å². The molecular weight excluding hydrogens is 330 g/mol. The third-order valence-electron chi connectivity index (χ3n) is 4.04. The van der Waals surface area contributed by atoms with Crippen LogP contribution < -0.4 is 9.64 Å². The van der Waals surface area contributed by atoms with Crippen molar-refractivity contribution in [3.63, 3.8) is 0 Å².